The van der Waals surface area contributed by atoms with Crippen molar-refractivity contribution >= 4 is 58.9 Å². The summed E-state index contributed by atoms with van der Waals surface area (Å²) >= 11 is 2.88. The average molecular weight is 759 g/mol. The van der Waals surface area contributed by atoms with Crippen LogP contribution < -0.4 is 11.1 Å². The number of fused-ring (bicyclic) bond motifs is 1. The summed E-state index contributed by atoms with van der Waals surface area (Å²) in [7, 11) is 0. The first-order chi connectivity index (χ1) is 24.8. The van der Waals surface area contributed by atoms with Crippen molar-refractivity contribution in [3.05, 3.63) is 90.5 Å². The zero-order valence-corrected chi connectivity index (χ0v) is 29.9. The van der Waals surface area contributed by atoms with Crippen LogP contribution in [0.5, 0.6) is 0 Å². The molecule has 52 heavy (non-hydrogen) atoms. The molecule has 19 heteroatoms. The number of hydrogen-bond donors (Lipinski definition) is 3. The summed E-state index contributed by atoms with van der Waals surface area (Å²) in [6.45, 7) is 3.68. The average Bonchev–Trinajstić information content (AvgIpc) is 3.61. The van der Waals surface area contributed by atoms with E-state index in [-0.39, 0.29) is 54.0 Å². The molecule has 0 radical (unpaired) electrons. The molecular weight excluding hydrogens is 721 g/mol. The Morgan fingerprint density at radius 1 is 1.02 bits per heavy atom. The Morgan fingerprint density at radius 3 is 2.13 bits per heavy atom. The number of nitro benzene ring substituents is 2. The van der Waals surface area contributed by atoms with E-state index in [2.05, 4.69) is 5.32 Å². The molecule has 0 spiro atoms. The van der Waals surface area contributed by atoms with Gasteiger partial charge in [0.05, 0.1) is 27.9 Å². The maximum Gasteiger partial charge on any atom is 0.410 e. The summed E-state index contributed by atoms with van der Waals surface area (Å²) in [5.41, 5.74) is 6.12. The van der Waals surface area contributed by atoms with Crippen LogP contribution in [0.3, 0.4) is 0 Å². The predicted octanol–water partition coefficient (Wildman–Crippen LogP) is 3.53. The number of β-lactam (4-membered cyclic amide) rings is 1. The standard InChI is InChI=1S/C33H38N6O11S2/c1-18-27-26(19(2)40)30(41)37(27)28(31(42)49-15-20-3-7-22(8-4-20)38(45)46)29(18)52-25-13-24(17-51-12-11-35-32(34)43)36(14-25)33(44)50-16-21-5-9-23(10-6-21)39(47)48/h3-10,18-19,24-27,40H,11-17H2,1-2H3,(H3,34,35,43)/t18-,19+,24-,25-,26+,27+/m0/s1. The molecule has 2 fully saturated rings. The first kappa shape index (κ1) is 38.4. The third kappa shape index (κ3) is 8.59. The molecule has 3 aliphatic rings. The number of urea groups is 1. The Balaban J connectivity index is 1.33. The topological polar surface area (TPSA) is 238 Å². The van der Waals surface area contributed by atoms with Gasteiger partial charge in [0.15, 0.2) is 0 Å². The van der Waals surface area contributed by atoms with Gasteiger partial charge in [0.1, 0.15) is 18.9 Å². The lowest BCUT2D eigenvalue weighted by Gasteiger charge is -2.46. The Hall–Kier alpha value is -4.88. The molecule has 4 N–H and O–H groups in total. The number of rotatable bonds is 15. The molecule has 0 unspecified atom stereocenters. The fourth-order valence-corrected chi connectivity index (χ4v) is 9.09. The molecule has 5 rings (SSSR count). The van der Waals surface area contributed by atoms with Crippen molar-refractivity contribution < 1.29 is 43.6 Å². The third-order valence-corrected chi connectivity index (χ3v) is 11.7. The van der Waals surface area contributed by atoms with Crippen LogP contribution in [0, 0.1) is 32.1 Å². The highest BCUT2D eigenvalue weighted by Crippen LogP contribution is 2.52. The van der Waals surface area contributed by atoms with Gasteiger partial charge in [-0.05, 0) is 48.7 Å². The number of hydrogen-bond acceptors (Lipinski definition) is 13. The van der Waals surface area contributed by atoms with Gasteiger partial charge in [0, 0.05) is 71.0 Å². The largest absolute Gasteiger partial charge is 0.456 e. The fraction of sp³-hybridized carbons (Fsp3) is 0.455. The number of nitrogens with zero attached hydrogens (tertiary/aromatic N) is 4. The number of aliphatic hydroxyl groups excluding tert-OH is 1. The summed E-state index contributed by atoms with van der Waals surface area (Å²) in [6, 6.07) is 9.82. The molecule has 0 aliphatic carbocycles. The lowest BCUT2D eigenvalue weighted by atomic mass is 9.79. The normalized spacial score (nSPS) is 22.8. The van der Waals surface area contributed by atoms with Gasteiger partial charge in [-0.15, -0.1) is 11.8 Å². The number of amides is 4. The molecule has 4 amide bonds. The lowest BCUT2D eigenvalue weighted by Crippen LogP contribution is -2.63. The van der Waals surface area contributed by atoms with Gasteiger partial charge in [-0.25, -0.2) is 14.4 Å². The maximum atomic E-state index is 13.7. The summed E-state index contributed by atoms with van der Waals surface area (Å²) in [5.74, 6) is -1.15. The number of primary amides is 1. The van der Waals surface area contributed by atoms with Crippen molar-refractivity contribution in [2.45, 2.75) is 56.9 Å². The van der Waals surface area contributed by atoms with Crippen molar-refractivity contribution in [2.75, 3.05) is 24.6 Å². The van der Waals surface area contributed by atoms with Crippen LogP contribution in [0.25, 0.3) is 0 Å². The van der Waals surface area contributed by atoms with Gasteiger partial charge in [-0.2, -0.15) is 11.8 Å². The van der Waals surface area contributed by atoms with E-state index in [4.69, 9.17) is 15.2 Å². The molecule has 6 atom stereocenters. The predicted molar refractivity (Wildman–Crippen MR) is 190 cm³/mol. The smallest absolute Gasteiger partial charge is 0.410 e. The summed E-state index contributed by atoms with van der Waals surface area (Å²) in [4.78, 5) is 76.0. The van der Waals surface area contributed by atoms with Crippen LogP contribution in [0.4, 0.5) is 21.0 Å². The summed E-state index contributed by atoms with van der Waals surface area (Å²) < 4.78 is 11.2. The molecule has 2 aromatic carbocycles. The van der Waals surface area contributed by atoms with Crippen LogP contribution in [0.1, 0.15) is 31.4 Å². The van der Waals surface area contributed by atoms with E-state index < -0.39 is 51.9 Å². The second-order valence-corrected chi connectivity index (χ2v) is 15.1. The Morgan fingerprint density at radius 2 is 1.60 bits per heavy atom. The number of aliphatic hydroxyl groups is 1. The highest BCUT2D eigenvalue weighted by molar-refractivity contribution is 8.03. The van der Waals surface area contributed by atoms with E-state index in [0.29, 0.717) is 40.5 Å². The molecule has 0 aromatic heterocycles. The molecule has 2 saturated heterocycles. The highest BCUT2D eigenvalue weighted by Gasteiger charge is 2.60. The molecule has 2 aromatic rings. The Bertz CT molecular complexity index is 1740. The SMILES string of the molecule is C[C@@H]1C(S[C@H]2C[C@@H](CSCCNC(N)=O)N(C(=O)OCc3ccc([N+](=O)[O-])cc3)C2)=C(C(=O)OCc2ccc([N+](=O)[O-])cc2)N2C(=O)[C@H]([C@@H](C)O)[C@@H]12. The number of likely N-dealkylation sites (tertiary alicyclic amines) is 1. The van der Waals surface area contributed by atoms with E-state index >= 15 is 0 Å². The second-order valence-electron chi connectivity index (χ2n) is 12.6. The zero-order chi connectivity index (χ0) is 37.7. The quantitative estimate of drug-likeness (QED) is 0.0776. The number of non-ortho nitro benzene ring substituents is 2. The number of thioether (sulfide) groups is 2. The molecule has 17 nitrogen and oxygen atoms in total. The third-order valence-electron chi connectivity index (χ3n) is 9.09. The monoisotopic (exact) mass is 758 g/mol. The van der Waals surface area contributed by atoms with E-state index in [9.17, 15) is 44.5 Å². The van der Waals surface area contributed by atoms with E-state index in [1.807, 2.05) is 6.92 Å². The minimum absolute atomic E-state index is 0.0777. The number of esters is 1. The first-order valence-corrected chi connectivity index (χ1v) is 18.4. The van der Waals surface area contributed by atoms with Gasteiger partial charge in [0.2, 0.25) is 5.91 Å². The van der Waals surface area contributed by atoms with E-state index in [1.54, 1.807) is 4.90 Å². The summed E-state index contributed by atoms with van der Waals surface area (Å²) in [5, 5.41) is 34.7. The fourth-order valence-electron chi connectivity index (χ4n) is 6.53. The first-order valence-electron chi connectivity index (χ1n) is 16.4. The highest BCUT2D eigenvalue weighted by atomic mass is 32.2. The Kier molecular flexibility index (Phi) is 12.3. The van der Waals surface area contributed by atoms with Crippen LogP contribution in [-0.2, 0) is 32.3 Å². The van der Waals surface area contributed by atoms with Crippen LogP contribution in [-0.4, -0.2) is 96.8 Å². The number of ether oxygens (including phenoxy) is 2. The second kappa shape index (κ2) is 16.6. The number of nitrogens with one attached hydrogen (secondary N) is 1. The molecule has 278 valence electrons. The lowest BCUT2D eigenvalue weighted by molar-refractivity contribution is -0.385. The van der Waals surface area contributed by atoms with Gasteiger partial charge in [-0.1, -0.05) is 6.92 Å². The summed E-state index contributed by atoms with van der Waals surface area (Å²) in [6.07, 6.45) is -1.03. The molecule has 0 bridgehead atoms. The van der Waals surface area contributed by atoms with Crippen LogP contribution in [0.2, 0.25) is 0 Å². The van der Waals surface area contributed by atoms with Crippen LogP contribution in [0.15, 0.2) is 59.1 Å². The number of nitro groups is 2. The zero-order valence-electron chi connectivity index (χ0n) is 28.2. The number of nitrogens with two attached hydrogens (primary N) is 1. The molecule has 0 saturated carbocycles. The van der Waals surface area contributed by atoms with Crippen molar-refractivity contribution in [1.82, 2.24) is 15.1 Å². The van der Waals surface area contributed by atoms with Crippen molar-refractivity contribution in [3.8, 4) is 0 Å². The van der Waals surface area contributed by atoms with Gasteiger partial charge >= 0.3 is 18.1 Å². The van der Waals surface area contributed by atoms with E-state index in [1.165, 1.54) is 83.9 Å². The minimum atomic E-state index is -0.948. The number of carbonyl (C=O) groups is 4. The maximum absolute atomic E-state index is 13.7. The van der Waals surface area contributed by atoms with Crippen LogP contribution >= 0.6 is 23.5 Å². The van der Waals surface area contributed by atoms with Crippen molar-refractivity contribution in [3.63, 3.8) is 0 Å². The van der Waals surface area contributed by atoms with Gasteiger partial charge in [0.25, 0.3) is 11.4 Å². The van der Waals surface area contributed by atoms with Crippen molar-refractivity contribution in [1.29, 1.82) is 0 Å². The van der Waals surface area contributed by atoms with Crippen molar-refractivity contribution in [2.24, 2.45) is 17.6 Å². The number of benzene rings is 2. The number of carbonyl (C=O) groups excluding carboxylic acids is 4. The van der Waals surface area contributed by atoms with E-state index in [0.717, 1.165) is 0 Å². The van der Waals surface area contributed by atoms with Gasteiger partial charge in [-0.3, -0.25) is 25.0 Å². The molecule has 3 aliphatic heterocycles. The molecule has 3 heterocycles. The molecular formula is C33H38N6O11S2. The minimum Gasteiger partial charge on any atom is -0.456 e. The van der Waals surface area contributed by atoms with Gasteiger partial charge < -0.3 is 35.4 Å². The Labute approximate surface area is 306 Å².